The second kappa shape index (κ2) is 6.58. The fourth-order valence-corrected chi connectivity index (χ4v) is 1.47. The third kappa shape index (κ3) is 4.13. The van der Waals surface area contributed by atoms with Crippen molar-refractivity contribution >= 4 is 11.9 Å². The Kier molecular flexibility index (Phi) is 5.11. The van der Waals surface area contributed by atoms with Crippen LogP contribution in [0.4, 0.5) is 0 Å². The van der Waals surface area contributed by atoms with Crippen molar-refractivity contribution in [1.29, 1.82) is 0 Å². The van der Waals surface area contributed by atoms with Crippen LogP contribution in [0, 0.1) is 6.92 Å². The third-order valence-corrected chi connectivity index (χ3v) is 2.46. The second-order valence-corrected chi connectivity index (χ2v) is 4.10. The van der Waals surface area contributed by atoms with E-state index in [1.54, 1.807) is 32.1 Å². The molecule has 5 heteroatoms. The van der Waals surface area contributed by atoms with E-state index in [9.17, 15) is 9.59 Å². The Balaban J connectivity index is 2.84. The van der Waals surface area contributed by atoms with E-state index in [1.807, 2.05) is 0 Å². The van der Waals surface area contributed by atoms with Crippen molar-refractivity contribution in [3.63, 3.8) is 0 Å². The maximum Gasteiger partial charge on any atom is 0.339 e. The highest BCUT2D eigenvalue weighted by molar-refractivity contribution is 5.91. The van der Waals surface area contributed by atoms with Crippen LogP contribution in [0.25, 0.3) is 0 Å². The van der Waals surface area contributed by atoms with Crippen LogP contribution in [0.5, 0.6) is 5.75 Å². The molecular weight excluding hydrogens is 246 g/mol. The zero-order valence-electron chi connectivity index (χ0n) is 11.0. The fraction of sp³-hybridized carbons (Fsp3) is 0.286. The van der Waals surface area contributed by atoms with Gasteiger partial charge in [-0.05, 0) is 26.0 Å². The quantitative estimate of drug-likeness (QED) is 0.767. The van der Waals surface area contributed by atoms with E-state index >= 15 is 0 Å². The summed E-state index contributed by atoms with van der Waals surface area (Å²) in [5.41, 5.74) is 0.858. The molecule has 0 heterocycles. The molecule has 0 aliphatic carbocycles. The van der Waals surface area contributed by atoms with Crippen LogP contribution < -0.4 is 10.1 Å². The first-order valence-corrected chi connectivity index (χ1v) is 5.85. The molecule has 0 aromatic heterocycles. The van der Waals surface area contributed by atoms with Crippen LogP contribution in [-0.4, -0.2) is 29.6 Å². The average Bonchev–Trinajstić information content (AvgIpc) is 2.37. The van der Waals surface area contributed by atoms with Gasteiger partial charge in [-0.25, -0.2) is 4.79 Å². The Morgan fingerprint density at radius 2 is 2.21 bits per heavy atom. The molecule has 1 rings (SSSR count). The lowest BCUT2D eigenvalue weighted by Crippen LogP contribution is -2.36. The van der Waals surface area contributed by atoms with Crippen LogP contribution in [0.3, 0.4) is 0 Å². The normalized spacial score (nSPS) is 11.5. The van der Waals surface area contributed by atoms with Gasteiger partial charge < -0.3 is 15.2 Å². The molecule has 0 fully saturated rings. The van der Waals surface area contributed by atoms with Crippen LogP contribution in [-0.2, 0) is 4.79 Å². The minimum atomic E-state index is -1.09. The van der Waals surface area contributed by atoms with Crippen molar-refractivity contribution in [2.45, 2.75) is 20.0 Å². The molecule has 0 bridgehead atoms. The predicted molar refractivity (Wildman–Crippen MR) is 71.4 cm³/mol. The summed E-state index contributed by atoms with van der Waals surface area (Å²) < 4.78 is 5.39. The molecule has 0 radical (unpaired) electrons. The van der Waals surface area contributed by atoms with Gasteiger partial charge in [-0.15, -0.1) is 6.58 Å². The van der Waals surface area contributed by atoms with Crippen LogP contribution >= 0.6 is 0 Å². The number of hydrogen-bond donors (Lipinski definition) is 2. The number of rotatable bonds is 6. The summed E-state index contributed by atoms with van der Waals surface area (Å²) in [7, 11) is 0. The van der Waals surface area contributed by atoms with E-state index in [0.29, 0.717) is 6.54 Å². The number of aromatic carboxylic acids is 1. The van der Waals surface area contributed by atoms with Gasteiger partial charge in [0.1, 0.15) is 11.3 Å². The first kappa shape index (κ1) is 14.8. The summed E-state index contributed by atoms with van der Waals surface area (Å²) in [4.78, 5) is 22.7. The number of amides is 1. The maximum atomic E-state index is 11.6. The second-order valence-electron chi connectivity index (χ2n) is 4.10. The van der Waals surface area contributed by atoms with Gasteiger partial charge in [0, 0.05) is 6.54 Å². The number of nitrogens with one attached hydrogen (secondary N) is 1. The minimum absolute atomic E-state index is 0.0448. The highest BCUT2D eigenvalue weighted by Gasteiger charge is 2.18. The number of hydrogen-bond acceptors (Lipinski definition) is 3. The third-order valence-electron chi connectivity index (χ3n) is 2.46. The van der Waals surface area contributed by atoms with Crippen LogP contribution in [0.2, 0.25) is 0 Å². The first-order valence-electron chi connectivity index (χ1n) is 5.85. The molecular formula is C14H17NO4. The molecule has 1 aromatic carbocycles. The molecule has 0 saturated carbocycles. The van der Waals surface area contributed by atoms with E-state index < -0.39 is 12.1 Å². The minimum Gasteiger partial charge on any atom is -0.480 e. The van der Waals surface area contributed by atoms with E-state index in [-0.39, 0.29) is 17.2 Å². The molecule has 1 atom stereocenters. The average molecular weight is 263 g/mol. The van der Waals surface area contributed by atoms with Gasteiger partial charge in [0.25, 0.3) is 5.91 Å². The summed E-state index contributed by atoms with van der Waals surface area (Å²) in [5.74, 6) is -1.23. The van der Waals surface area contributed by atoms with Crippen molar-refractivity contribution in [3.05, 3.63) is 42.0 Å². The maximum absolute atomic E-state index is 11.6. The summed E-state index contributed by atoms with van der Waals surface area (Å²) in [6.45, 7) is 7.18. The molecule has 5 nitrogen and oxygen atoms in total. The fourth-order valence-electron chi connectivity index (χ4n) is 1.47. The van der Waals surface area contributed by atoms with Gasteiger partial charge in [-0.1, -0.05) is 17.7 Å². The van der Waals surface area contributed by atoms with Gasteiger partial charge in [-0.3, -0.25) is 4.79 Å². The molecule has 0 aliphatic heterocycles. The van der Waals surface area contributed by atoms with E-state index in [2.05, 4.69) is 11.9 Å². The standard InChI is InChI=1S/C14H17NO4/c1-4-7-15-13(16)10(3)19-12-6-5-9(2)8-11(12)14(17)18/h4-6,8,10H,1,7H2,2-3H3,(H,15,16)(H,17,18). The van der Waals surface area contributed by atoms with Gasteiger partial charge in [0.05, 0.1) is 0 Å². The summed E-state index contributed by atoms with van der Waals surface area (Å²) in [6, 6.07) is 4.79. The Labute approximate surface area is 111 Å². The number of carbonyl (C=O) groups is 2. The van der Waals surface area contributed by atoms with Crippen LogP contribution in [0.1, 0.15) is 22.8 Å². The zero-order chi connectivity index (χ0) is 14.4. The van der Waals surface area contributed by atoms with E-state index in [1.165, 1.54) is 6.07 Å². The Bertz CT molecular complexity index is 496. The monoisotopic (exact) mass is 263 g/mol. The van der Waals surface area contributed by atoms with Gasteiger partial charge in [-0.2, -0.15) is 0 Å². The summed E-state index contributed by atoms with van der Waals surface area (Å²) >= 11 is 0. The number of carboxylic acids is 1. The Morgan fingerprint density at radius 1 is 1.53 bits per heavy atom. The molecule has 1 aromatic rings. The Morgan fingerprint density at radius 3 is 2.79 bits per heavy atom. The molecule has 1 unspecified atom stereocenters. The number of carboxylic acid groups (broad SMARTS) is 1. The lowest BCUT2D eigenvalue weighted by molar-refractivity contribution is -0.127. The molecule has 19 heavy (non-hydrogen) atoms. The van der Waals surface area contributed by atoms with Crippen molar-refractivity contribution < 1.29 is 19.4 Å². The lowest BCUT2D eigenvalue weighted by atomic mass is 10.1. The van der Waals surface area contributed by atoms with Crippen molar-refractivity contribution in [1.82, 2.24) is 5.32 Å². The topological polar surface area (TPSA) is 75.6 Å². The Hall–Kier alpha value is -2.30. The smallest absolute Gasteiger partial charge is 0.339 e. The van der Waals surface area contributed by atoms with Gasteiger partial charge >= 0.3 is 5.97 Å². The SMILES string of the molecule is C=CCNC(=O)C(C)Oc1ccc(C)cc1C(=O)O. The molecule has 0 saturated heterocycles. The van der Waals surface area contributed by atoms with Crippen molar-refractivity contribution in [2.75, 3.05) is 6.54 Å². The molecule has 0 spiro atoms. The van der Waals surface area contributed by atoms with E-state index in [0.717, 1.165) is 5.56 Å². The lowest BCUT2D eigenvalue weighted by Gasteiger charge is -2.16. The van der Waals surface area contributed by atoms with Crippen molar-refractivity contribution in [2.24, 2.45) is 0 Å². The molecule has 0 aliphatic rings. The molecule has 1 amide bonds. The summed E-state index contributed by atoms with van der Waals surface area (Å²) in [5, 5.41) is 11.7. The van der Waals surface area contributed by atoms with Gasteiger partial charge in [0.2, 0.25) is 0 Å². The first-order chi connectivity index (χ1) is 8.95. The zero-order valence-corrected chi connectivity index (χ0v) is 11.0. The summed E-state index contributed by atoms with van der Waals surface area (Å²) in [6.07, 6.45) is 0.778. The number of carbonyl (C=O) groups excluding carboxylic acids is 1. The van der Waals surface area contributed by atoms with Gasteiger partial charge in [0.15, 0.2) is 6.10 Å². The largest absolute Gasteiger partial charge is 0.480 e. The number of aryl methyl sites for hydroxylation is 1. The van der Waals surface area contributed by atoms with E-state index in [4.69, 9.17) is 9.84 Å². The van der Waals surface area contributed by atoms with Crippen LogP contribution in [0.15, 0.2) is 30.9 Å². The van der Waals surface area contributed by atoms with Crippen molar-refractivity contribution in [3.8, 4) is 5.75 Å². The molecule has 102 valence electrons. The highest BCUT2D eigenvalue weighted by Crippen LogP contribution is 2.21. The predicted octanol–water partition coefficient (Wildman–Crippen LogP) is 1.76. The molecule has 2 N–H and O–H groups in total. The highest BCUT2D eigenvalue weighted by atomic mass is 16.5. The number of ether oxygens (including phenoxy) is 1. The number of benzene rings is 1.